The SMILES string of the molecule is CCCC(OCC)C(Cc1cc(F)cc(Br)c1)NN. The van der Waals surface area contributed by atoms with Crippen LogP contribution in [-0.4, -0.2) is 18.8 Å². The van der Waals surface area contributed by atoms with Gasteiger partial charge in [-0.05, 0) is 43.5 Å². The number of benzene rings is 1. The average Bonchev–Trinajstić information content (AvgIpc) is 2.34. The van der Waals surface area contributed by atoms with Crippen molar-refractivity contribution in [3.63, 3.8) is 0 Å². The lowest BCUT2D eigenvalue weighted by Gasteiger charge is -2.26. The van der Waals surface area contributed by atoms with Crippen LogP contribution in [0.15, 0.2) is 22.7 Å². The summed E-state index contributed by atoms with van der Waals surface area (Å²) in [5.41, 5.74) is 3.70. The van der Waals surface area contributed by atoms with Gasteiger partial charge in [0.2, 0.25) is 0 Å². The van der Waals surface area contributed by atoms with E-state index in [1.165, 1.54) is 12.1 Å². The van der Waals surface area contributed by atoms with Gasteiger partial charge in [-0.25, -0.2) is 4.39 Å². The average molecular weight is 333 g/mol. The lowest BCUT2D eigenvalue weighted by Crippen LogP contribution is -2.46. The number of ether oxygens (including phenoxy) is 1. The second-order valence-electron chi connectivity index (χ2n) is 4.54. The van der Waals surface area contributed by atoms with Crippen LogP contribution in [-0.2, 0) is 11.2 Å². The van der Waals surface area contributed by atoms with Gasteiger partial charge in [0, 0.05) is 11.1 Å². The molecule has 0 saturated heterocycles. The Labute approximate surface area is 122 Å². The van der Waals surface area contributed by atoms with Crippen molar-refractivity contribution in [1.82, 2.24) is 5.43 Å². The molecule has 2 atom stereocenters. The quantitative estimate of drug-likeness (QED) is 0.567. The number of hydrazine groups is 1. The molecule has 0 fully saturated rings. The molecule has 0 heterocycles. The minimum Gasteiger partial charge on any atom is -0.377 e. The van der Waals surface area contributed by atoms with Gasteiger partial charge in [-0.15, -0.1) is 0 Å². The van der Waals surface area contributed by atoms with Crippen LogP contribution in [0.1, 0.15) is 32.3 Å². The van der Waals surface area contributed by atoms with Gasteiger partial charge in [-0.2, -0.15) is 0 Å². The number of hydrogen-bond acceptors (Lipinski definition) is 3. The van der Waals surface area contributed by atoms with Crippen LogP contribution in [0.5, 0.6) is 0 Å². The van der Waals surface area contributed by atoms with Crippen LogP contribution in [0.2, 0.25) is 0 Å². The molecular formula is C14H22BrFN2O. The summed E-state index contributed by atoms with van der Waals surface area (Å²) >= 11 is 3.30. The molecule has 1 aromatic rings. The fraction of sp³-hybridized carbons (Fsp3) is 0.571. The van der Waals surface area contributed by atoms with E-state index in [4.69, 9.17) is 10.6 Å². The van der Waals surface area contributed by atoms with Crippen molar-refractivity contribution in [2.75, 3.05) is 6.61 Å². The molecule has 0 aliphatic rings. The van der Waals surface area contributed by atoms with Crippen LogP contribution in [0.3, 0.4) is 0 Å². The number of halogens is 2. The molecule has 0 aliphatic carbocycles. The molecule has 0 aliphatic heterocycles. The largest absolute Gasteiger partial charge is 0.377 e. The second kappa shape index (κ2) is 8.64. The van der Waals surface area contributed by atoms with Crippen molar-refractivity contribution in [2.45, 2.75) is 45.3 Å². The molecule has 0 radical (unpaired) electrons. The number of hydrogen-bond donors (Lipinski definition) is 2. The molecule has 5 heteroatoms. The third-order valence-electron chi connectivity index (χ3n) is 2.99. The first-order chi connectivity index (χ1) is 9.10. The maximum Gasteiger partial charge on any atom is 0.124 e. The fourth-order valence-corrected chi connectivity index (χ4v) is 2.69. The first kappa shape index (κ1) is 16.6. The lowest BCUT2D eigenvalue weighted by molar-refractivity contribution is 0.0281. The Morgan fingerprint density at radius 2 is 2.11 bits per heavy atom. The van der Waals surface area contributed by atoms with E-state index in [9.17, 15) is 4.39 Å². The molecule has 0 spiro atoms. The Morgan fingerprint density at radius 3 is 2.63 bits per heavy atom. The van der Waals surface area contributed by atoms with E-state index in [-0.39, 0.29) is 18.0 Å². The van der Waals surface area contributed by atoms with Crippen molar-refractivity contribution in [2.24, 2.45) is 5.84 Å². The van der Waals surface area contributed by atoms with Crippen molar-refractivity contribution < 1.29 is 9.13 Å². The molecular weight excluding hydrogens is 311 g/mol. The summed E-state index contributed by atoms with van der Waals surface area (Å²) in [6, 6.07) is 4.86. The van der Waals surface area contributed by atoms with E-state index in [0.29, 0.717) is 13.0 Å². The van der Waals surface area contributed by atoms with Gasteiger partial charge in [-0.3, -0.25) is 11.3 Å². The molecule has 0 amide bonds. The van der Waals surface area contributed by atoms with Gasteiger partial charge in [0.05, 0.1) is 12.1 Å². The Balaban J connectivity index is 2.78. The van der Waals surface area contributed by atoms with Gasteiger partial charge in [0.1, 0.15) is 5.82 Å². The molecule has 3 nitrogen and oxygen atoms in total. The van der Waals surface area contributed by atoms with E-state index >= 15 is 0 Å². The minimum absolute atomic E-state index is 0.0198. The lowest BCUT2D eigenvalue weighted by atomic mass is 9.98. The Hall–Kier alpha value is -0.490. The van der Waals surface area contributed by atoms with Gasteiger partial charge < -0.3 is 4.74 Å². The predicted molar refractivity (Wildman–Crippen MR) is 79.2 cm³/mol. The first-order valence-electron chi connectivity index (χ1n) is 6.63. The van der Waals surface area contributed by atoms with E-state index in [1.807, 2.05) is 13.0 Å². The summed E-state index contributed by atoms with van der Waals surface area (Å²) in [5.74, 6) is 5.38. The van der Waals surface area contributed by atoms with Gasteiger partial charge in [0.15, 0.2) is 0 Å². The highest BCUT2D eigenvalue weighted by atomic mass is 79.9. The summed E-state index contributed by atoms with van der Waals surface area (Å²) in [7, 11) is 0. The van der Waals surface area contributed by atoms with Crippen LogP contribution < -0.4 is 11.3 Å². The standard InChI is InChI=1S/C14H22BrFN2O/c1-3-5-14(19-4-2)13(18-17)8-10-6-11(15)9-12(16)7-10/h6-7,9,13-14,18H,3-5,8,17H2,1-2H3. The molecule has 1 rings (SSSR count). The van der Waals surface area contributed by atoms with Crippen molar-refractivity contribution >= 4 is 15.9 Å². The van der Waals surface area contributed by atoms with Gasteiger partial charge in [0.25, 0.3) is 0 Å². The summed E-state index contributed by atoms with van der Waals surface area (Å²) < 4.78 is 19.8. The normalized spacial score (nSPS) is 14.4. The highest BCUT2D eigenvalue weighted by molar-refractivity contribution is 9.10. The highest BCUT2D eigenvalue weighted by Gasteiger charge is 2.20. The molecule has 0 aromatic heterocycles. The van der Waals surface area contributed by atoms with E-state index in [1.54, 1.807) is 0 Å². The second-order valence-corrected chi connectivity index (χ2v) is 5.45. The number of nitrogens with two attached hydrogens (primary N) is 1. The highest BCUT2D eigenvalue weighted by Crippen LogP contribution is 2.18. The zero-order valence-corrected chi connectivity index (χ0v) is 13.0. The summed E-state index contributed by atoms with van der Waals surface area (Å²) in [6.45, 7) is 4.73. The molecule has 0 saturated carbocycles. The third kappa shape index (κ3) is 5.57. The van der Waals surface area contributed by atoms with E-state index in [0.717, 1.165) is 22.9 Å². The molecule has 19 heavy (non-hydrogen) atoms. The zero-order chi connectivity index (χ0) is 14.3. The van der Waals surface area contributed by atoms with Gasteiger partial charge in [-0.1, -0.05) is 29.3 Å². The van der Waals surface area contributed by atoms with Crippen molar-refractivity contribution in [3.8, 4) is 0 Å². The van der Waals surface area contributed by atoms with Crippen molar-refractivity contribution in [1.29, 1.82) is 0 Å². The molecule has 2 unspecified atom stereocenters. The first-order valence-corrected chi connectivity index (χ1v) is 7.42. The predicted octanol–water partition coefficient (Wildman–Crippen LogP) is 3.17. The molecule has 108 valence electrons. The fourth-order valence-electron chi connectivity index (χ4n) is 2.18. The van der Waals surface area contributed by atoms with E-state index in [2.05, 4.69) is 28.3 Å². The monoisotopic (exact) mass is 332 g/mol. The summed E-state index contributed by atoms with van der Waals surface area (Å²) in [4.78, 5) is 0. The van der Waals surface area contributed by atoms with Gasteiger partial charge >= 0.3 is 0 Å². The maximum atomic E-state index is 13.4. The molecule has 3 N–H and O–H groups in total. The van der Waals surface area contributed by atoms with Crippen molar-refractivity contribution in [3.05, 3.63) is 34.1 Å². The number of rotatable bonds is 8. The zero-order valence-electron chi connectivity index (χ0n) is 11.5. The Kier molecular flexibility index (Phi) is 7.53. The summed E-state index contributed by atoms with van der Waals surface area (Å²) in [6.07, 6.45) is 2.63. The van der Waals surface area contributed by atoms with Crippen LogP contribution in [0.25, 0.3) is 0 Å². The summed E-state index contributed by atoms with van der Waals surface area (Å²) in [5, 5.41) is 0. The van der Waals surface area contributed by atoms with Crippen LogP contribution in [0.4, 0.5) is 4.39 Å². The smallest absolute Gasteiger partial charge is 0.124 e. The Bertz CT molecular complexity index is 363. The minimum atomic E-state index is -0.247. The molecule has 1 aromatic carbocycles. The topological polar surface area (TPSA) is 47.3 Å². The third-order valence-corrected chi connectivity index (χ3v) is 3.45. The maximum absolute atomic E-state index is 13.4. The van der Waals surface area contributed by atoms with Crippen LogP contribution in [0, 0.1) is 5.82 Å². The Morgan fingerprint density at radius 1 is 1.37 bits per heavy atom. The van der Waals surface area contributed by atoms with Crippen LogP contribution >= 0.6 is 15.9 Å². The number of nitrogens with one attached hydrogen (secondary N) is 1. The molecule has 0 bridgehead atoms. The van der Waals surface area contributed by atoms with E-state index < -0.39 is 0 Å².